The summed E-state index contributed by atoms with van der Waals surface area (Å²) in [5.74, 6) is -1.31. The zero-order chi connectivity index (χ0) is 15.0. The van der Waals surface area contributed by atoms with Crippen LogP contribution < -0.4 is 11.1 Å². The highest BCUT2D eigenvalue weighted by Gasteiger charge is 2.20. The molecule has 0 aliphatic heterocycles. The summed E-state index contributed by atoms with van der Waals surface area (Å²) in [5, 5.41) is 2.57. The number of thiophene rings is 1. The predicted molar refractivity (Wildman–Crippen MR) is 82.8 cm³/mol. The van der Waals surface area contributed by atoms with E-state index in [1.165, 1.54) is 0 Å². The Balaban J connectivity index is 2.30. The van der Waals surface area contributed by atoms with Crippen molar-refractivity contribution in [2.24, 2.45) is 5.73 Å². The molecule has 0 aliphatic rings. The fourth-order valence-corrected chi connectivity index (χ4v) is 2.93. The number of rotatable bonds is 3. The van der Waals surface area contributed by atoms with Gasteiger partial charge in [-0.15, -0.1) is 22.9 Å². The van der Waals surface area contributed by atoms with Crippen LogP contribution in [0.3, 0.4) is 0 Å². The molecular formula is C13H9ClN4O2S. The number of carbonyl (C=O) groups excluding carboxylic acids is 2. The number of carbonyl (C=O) groups is 2. The van der Waals surface area contributed by atoms with Gasteiger partial charge in [-0.2, -0.15) is 0 Å². The van der Waals surface area contributed by atoms with Gasteiger partial charge in [-0.25, -0.2) is 9.97 Å². The summed E-state index contributed by atoms with van der Waals surface area (Å²) in [4.78, 5) is 32.7. The van der Waals surface area contributed by atoms with E-state index in [0.717, 1.165) is 11.3 Å². The molecule has 3 aromatic rings. The number of nitrogens with zero attached hydrogens (tertiary/aromatic N) is 2. The van der Waals surface area contributed by atoms with E-state index in [-0.39, 0.29) is 16.4 Å². The molecule has 2 heterocycles. The van der Waals surface area contributed by atoms with Crippen LogP contribution in [0.2, 0.25) is 0 Å². The molecule has 0 unspecified atom stereocenters. The lowest BCUT2D eigenvalue weighted by molar-refractivity contribution is -0.113. The summed E-state index contributed by atoms with van der Waals surface area (Å²) in [5.41, 5.74) is 7.43. The Morgan fingerprint density at radius 1 is 1.24 bits per heavy atom. The Bertz CT molecular complexity index is 877. The first-order chi connectivity index (χ1) is 10.1. The number of benzene rings is 1. The largest absolute Gasteiger partial charge is 0.365 e. The molecule has 0 radical (unpaired) electrons. The second-order valence-corrected chi connectivity index (χ2v) is 5.48. The molecule has 0 atom stereocenters. The fraction of sp³-hybridized carbons (Fsp3) is 0.0769. The van der Waals surface area contributed by atoms with E-state index >= 15 is 0 Å². The first kappa shape index (κ1) is 13.7. The van der Waals surface area contributed by atoms with Crippen LogP contribution in [0.1, 0.15) is 9.67 Å². The van der Waals surface area contributed by atoms with Gasteiger partial charge in [-0.05, 0) is 12.1 Å². The third kappa shape index (κ3) is 2.41. The van der Waals surface area contributed by atoms with E-state index in [0.29, 0.717) is 21.4 Å². The molecule has 8 heteroatoms. The molecule has 0 bridgehead atoms. The van der Waals surface area contributed by atoms with Gasteiger partial charge in [0, 0.05) is 0 Å². The van der Waals surface area contributed by atoms with Gasteiger partial charge in [0.05, 0.1) is 16.7 Å². The summed E-state index contributed by atoms with van der Waals surface area (Å²) < 4.78 is 0. The van der Waals surface area contributed by atoms with Gasteiger partial charge in [0.2, 0.25) is 5.91 Å². The van der Waals surface area contributed by atoms with Crippen LogP contribution in [0.15, 0.2) is 24.3 Å². The van der Waals surface area contributed by atoms with Crippen molar-refractivity contribution in [1.29, 1.82) is 0 Å². The number of aromatic nitrogens is 2. The van der Waals surface area contributed by atoms with Crippen LogP contribution >= 0.6 is 22.9 Å². The average molecular weight is 321 g/mol. The lowest BCUT2D eigenvalue weighted by Crippen LogP contribution is -2.17. The molecule has 6 nitrogen and oxygen atoms in total. The maximum Gasteiger partial charge on any atom is 0.261 e. The third-order valence-corrected chi connectivity index (χ3v) is 4.14. The van der Waals surface area contributed by atoms with E-state index in [4.69, 9.17) is 17.3 Å². The maximum absolute atomic E-state index is 11.5. The van der Waals surface area contributed by atoms with Crippen molar-refractivity contribution in [1.82, 2.24) is 9.97 Å². The van der Waals surface area contributed by atoms with E-state index in [1.54, 1.807) is 6.07 Å². The molecule has 0 aliphatic carbocycles. The molecule has 0 saturated carbocycles. The number of primary amides is 1. The number of halogens is 1. The normalized spacial score (nSPS) is 10.9. The van der Waals surface area contributed by atoms with Crippen LogP contribution in [0.4, 0.5) is 5.69 Å². The van der Waals surface area contributed by atoms with Crippen molar-refractivity contribution in [3.05, 3.63) is 29.1 Å². The Morgan fingerprint density at radius 3 is 2.52 bits per heavy atom. The van der Waals surface area contributed by atoms with Crippen molar-refractivity contribution in [3.63, 3.8) is 0 Å². The molecule has 21 heavy (non-hydrogen) atoms. The highest BCUT2D eigenvalue weighted by atomic mass is 35.5. The number of hydrogen-bond acceptors (Lipinski definition) is 5. The summed E-state index contributed by atoms with van der Waals surface area (Å²) >= 11 is 6.58. The molecule has 0 fully saturated rings. The van der Waals surface area contributed by atoms with Crippen molar-refractivity contribution in [2.75, 3.05) is 11.2 Å². The minimum atomic E-state index is -0.645. The van der Waals surface area contributed by atoms with Crippen LogP contribution in [-0.2, 0) is 4.79 Å². The topological polar surface area (TPSA) is 98.0 Å². The Labute approximate surface area is 127 Å². The molecule has 2 aromatic heterocycles. The van der Waals surface area contributed by atoms with Crippen LogP contribution in [0.5, 0.6) is 0 Å². The zero-order valence-corrected chi connectivity index (χ0v) is 12.2. The van der Waals surface area contributed by atoms with Crippen molar-refractivity contribution in [2.45, 2.75) is 0 Å². The number of nitrogens with one attached hydrogen (secondary N) is 1. The van der Waals surface area contributed by atoms with Gasteiger partial charge in [0.15, 0.2) is 0 Å². The molecular weight excluding hydrogens is 312 g/mol. The number of hydrogen-bond donors (Lipinski definition) is 2. The second kappa shape index (κ2) is 5.27. The highest BCUT2D eigenvalue weighted by Crippen LogP contribution is 2.34. The number of para-hydroxylation sites is 2. The second-order valence-electron chi connectivity index (χ2n) is 4.22. The predicted octanol–water partition coefficient (Wildman–Crippen LogP) is 2.12. The molecule has 3 N–H and O–H groups in total. The van der Waals surface area contributed by atoms with Crippen LogP contribution in [-0.4, -0.2) is 27.7 Å². The fourth-order valence-electron chi connectivity index (χ4n) is 1.94. The number of amides is 2. The lowest BCUT2D eigenvalue weighted by Gasteiger charge is -2.03. The average Bonchev–Trinajstić information content (AvgIpc) is 2.83. The van der Waals surface area contributed by atoms with Crippen LogP contribution in [0.25, 0.3) is 21.4 Å². The molecule has 0 spiro atoms. The van der Waals surface area contributed by atoms with Crippen molar-refractivity contribution >= 4 is 61.8 Å². The monoisotopic (exact) mass is 320 g/mol. The quantitative estimate of drug-likeness (QED) is 0.722. The maximum atomic E-state index is 11.5. The Kier molecular flexibility index (Phi) is 3.44. The molecule has 106 valence electrons. The van der Waals surface area contributed by atoms with Gasteiger partial charge in [0.1, 0.15) is 21.1 Å². The van der Waals surface area contributed by atoms with Gasteiger partial charge in [-0.3, -0.25) is 9.59 Å². The third-order valence-electron chi connectivity index (χ3n) is 2.81. The lowest BCUT2D eigenvalue weighted by atomic mass is 10.3. The zero-order valence-electron chi connectivity index (χ0n) is 10.6. The minimum Gasteiger partial charge on any atom is -0.365 e. The highest BCUT2D eigenvalue weighted by molar-refractivity contribution is 7.21. The summed E-state index contributed by atoms with van der Waals surface area (Å²) in [6, 6.07) is 7.31. The van der Waals surface area contributed by atoms with E-state index in [2.05, 4.69) is 15.3 Å². The van der Waals surface area contributed by atoms with E-state index < -0.39 is 11.8 Å². The molecule has 2 amide bonds. The number of nitrogens with two attached hydrogens (primary N) is 1. The van der Waals surface area contributed by atoms with Gasteiger partial charge >= 0.3 is 0 Å². The number of anilines is 1. The van der Waals surface area contributed by atoms with Gasteiger partial charge in [0.25, 0.3) is 5.91 Å². The van der Waals surface area contributed by atoms with Gasteiger partial charge < -0.3 is 11.1 Å². The number of alkyl halides is 1. The van der Waals surface area contributed by atoms with Crippen LogP contribution in [0, 0.1) is 0 Å². The summed E-state index contributed by atoms with van der Waals surface area (Å²) in [6.07, 6.45) is 0. The number of fused-ring (bicyclic) bond motifs is 2. The summed E-state index contributed by atoms with van der Waals surface area (Å²) in [6.45, 7) is 0. The Hall–Kier alpha value is -2.25. The molecule has 3 rings (SSSR count). The standard InChI is InChI=1S/C13H9ClN4O2S/c14-5-8(19)18-9-10-13(21-11(9)12(15)20)17-7-4-2-1-3-6(7)16-10/h1-4H,5H2,(H2,15,20)(H,18,19). The van der Waals surface area contributed by atoms with Gasteiger partial charge in [-0.1, -0.05) is 12.1 Å². The Morgan fingerprint density at radius 2 is 1.90 bits per heavy atom. The smallest absolute Gasteiger partial charge is 0.261 e. The van der Waals surface area contributed by atoms with Crippen molar-refractivity contribution < 1.29 is 9.59 Å². The first-order valence-electron chi connectivity index (χ1n) is 5.95. The minimum absolute atomic E-state index is 0.207. The molecule has 0 saturated heterocycles. The summed E-state index contributed by atoms with van der Waals surface area (Å²) in [7, 11) is 0. The van der Waals surface area contributed by atoms with E-state index in [1.807, 2.05) is 18.2 Å². The SMILES string of the molecule is NC(=O)c1sc2nc3ccccc3nc2c1NC(=O)CCl. The first-order valence-corrected chi connectivity index (χ1v) is 7.30. The molecule has 1 aromatic carbocycles. The van der Waals surface area contributed by atoms with E-state index in [9.17, 15) is 9.59 Å². The van der Waals surface area contributed by atoms with Crippen molar-refractivity contribution in [3.8, 4) is 0 Å².